The van der Waals surface area contributed by atoms with Gasteiger partial charge >= 0.3 is 0 Å². The summed E-state index contributed by atoms with van der Waals surface area (Å²) < 4.78 is 0. The van der Waals surface area contributed by atoms with Gasteiger partial charge in [0.2, 0.25) is 5.91 Å². The smallest absolute Gasteiger partial charge is 0.242 e. The molecule has 0 aliphatic carbocycles. The molecule has 0 aliphatic rings. The van der Waals surface area contributed by atoms with Gasteiger partial charge in [0.05, 0.1) is 0 Å². The van der Waals surface area contributed by atoms with Crippen molar-refractivity contribution in [3.05, 3.63) is 109 Å². The Morgan fingerprint density at radius 2 is 1.54 bits per heavy atom. The van der Waals surface area contributed by atoms with E-state index in [1.165, 1.54) is 0 Å². The van der Waals surface area contributed by atoms with Gasteiger partial charge in [-0.1, -0.05) is 84.9 Å². The van der Waals surface area contributed by atoms with E-state index in [1.54, 1.807) is 0 Å². The third kappa shape index (κ3) is 4.56. The molecule has 3 heteroatoms. The lowest BCUT2D eigenvalue weighted by Crippen LogP contribution is -2.40. The van der Waals surface area contributed by atoms with Crippen molar-refractivity contribution >= 4 is 16.7 Å². The largest absolute Gasteiger partial charge is 0.350 e. The van der Waals surface area contributed by atoms with Gasteiger partial charge in [0.1, 0.15) is 6.04 Å². The zero-order valence-corrected chi connectivity index (χ0v) is 16.1. The molecule has 0 saturated carbocycles. The standard InChI is InChI=1S/C25H26N2O/c1-3-17-27(18-4-2)24(25(28)26-19-20-11-6-5-7-12-20)23-16-10-14-21-13-8-9-15-22(21)23/h3-16,24H,1-2,17-19H2,(H,26,28). The first-order valence-electron chi connectivity index (χ1n) is 9.49. The highest BCUT2D eigenvalue weighted by Gasteiger charge is 2.27. The van der Waals surface area contributed by atoms with Gasteiger partial charge in [-0.15, -0.1) is 13.2 Å². The number of carbonyl (C=O) groups excluding carboxylic acids is 1. The number of rotatable bonds is 9. The fourth-order valence-electron chi connectivity index (χ4n) is 3.49. The minimum Gasteiger partial charge on any atom is -0.350 e. The van der Waals surface area contributed by atoms with Crippen molar-refractivity contribution < 1.29 is 4.79 Å². The zero-order valence-electron chi connectivity index (χ0n) is 16.1. The first kappa shape index (κ1) is 19.6. The van der Waals surface area contributed by atoms with Crippen LogP contribution in [0.2, 0.25) is 0 Å². The molecule has 3 rings (SSSR count). The number of hydrogen-bond acceptors (Lipinski definition) is 2. The molecule has 0 aliphatic heterocycles. The molecule has 1 unspecified atom stereocenters. The number of carbonyl (C=O) groups is 1. The van der Waals surface area contributed by atoms with Crippen LogP contribution in [0.4, 0.5) is 0 Å². The highest BCUT2D eigenvalue weighted by atomic mass is 16.2. The Balaban J connectivity index is 1.97. The van der Waals surface area contributed by atoms with Crippen LogP contribution in [0.15, 0.2) is 98.1 Å². The minimum atomic E-state index is -0.425. The lowest BCUT2D eigenvalue weighted by atomic mass is 9.96. The fraction of sp³-hybridized carbons (Fsp3) is 0.160. The molecular formula is C25H26N2O. The van der Waals surface area contributed by atoms with E-state index in [4.69, 9.17) is 0 Å². The van der Waals surface area contributed by atoms with E-state index < -0.39 is 6.04 Å². The normalized spacial score (nSPS) is 11.9. The van der Waals surface area contributed by atoms with Crippen LogP contribution in [0.5, 0.6) is 0 Å². The van der Waals surface area contributed by atoms with Gasteiger partial charge in [-0.05, 0) is 21.9 Å². The number of nitrogens with zero attached hydrogens (tertiary/aromatic N) is 1. The van der Waals surface area contributed by atoms with Gasteiger partial charge in [0, 0.05) is 19.6 Å². The molecule has 3 nitrogen and oxygen atoms in total. The summed E-state index contributed by atoms with van der Waals surface area (Å²) in [6.07, 6.45) is 3.65. The summed E-state index contributed by atoms with van der Waals surface area (Å²) in [5.41, 5.74) is 2.07. The molecule has 28 heavy (non-hydrogen) atoms. The molecule has 0 saturated heterocycles. The van der Waals surface area contributed by atoms with Crippen LogP contribution < -0.4 is 5.32 Å². The summed E-state index contributed by atoms with van der Waals surface area (Å²) in [5, 5.41) is 5.32. The van der Waals surface area contributed by atoms with Crippen molar-refractivity contribution in [2.24, 2.45) is 0 Å². The second-order valence-electron chi connectivity index (χ2n) is 6.71. The Morgan fingerprint density at radius 3 is 2.25 bits per heavy atom. The molecule has 0 radical (unpaired) electrons. The van der Waals surface area contributed by atoms with E-state index in [1.807, 2.05) is 66.7 Å². The zero-order chi connectivity index (χ0) is 19.8. The maximum absolute atomic E-state index is 13.3. The lowest BCUT2D eigenvalue weighted by molar-refractivity contribution is -0.126. The first-order chi connectivity index (χ1) is 13.7. The van der Waals surface area contributed by atoms with Crippen molar-refractivity contribution in [3.8, 4) is 0 Å². The number of hydrogen-bond donors (Lipinski definition) is 1. The van der Waals surface area contributed by atoms with Gasteiger partial charge < -0.3 is 5.32 Å². The van der Waals surface area contributed by atoms with Crippen LogP contribution in [0, 0.1) is 0 Å². The maximum atomic E-state index is 13.3. The number of amides is 1. The van der Waals surface area contributed by atoms with Crippen molar-refractivity contribution in [2.75, 3.05) is 13.1 Å². The highest BCUT2D eigenvalue weighted by Crippen LogP contribution is 2.29. The van der Waals surface area contributed by atoms with Gasteiger partial charge in [0.15, 0.2) is 0 Å². The third-order valence-corrected chi connectivity index (χ3v) is 4.77. The average Bonchev–Trinajstić information content (AvgIpc) is 2.74. The Bertz CT molecular complexity index is 934. The summed E-state index contributed by atoms with van der Waals surface area (Å²) >= 11 is 0. The first-order valence-corrected chi connectivity index (χ1v) is 9.49. The van der Waals surface area contributed by atoms with E-state index in [0.29, 0.717) is 19.6 Å². The molecular weight excluding hydrogens is 344 g/mol. The van der Waals surface area contributed by atoms with E-state index in [9.17, 15) is 4.79 Å². The topological polar surface area (TPSA) is 32.3 Å². The minimum absolute atomic E-state index is 0.0242. The van der Waals surface area contributed by atoms with Crippen LogP contribution >= 0.6 is 0 Å². The summed E-state index contributed by atoms with van der Waals surface area (Å²) in [6.45, 7) is 9.42. The van der Waals surface area contributed by atoms with Crippen LogP contribution in [0.25, 0.3) is 10.8 Å². The molecule has 0 fully saturated rings. The molecule has 3 aromatic rings. The average molecular weight is 370 g/mol. The monoisotopic (exact) mass is 370 g/mol. The van der Waals surface area contributed by atoms with Crippen LogP contribution in [0.1, 0.15) is 17.2 Å². The molecule has 0 heterocycles. The highest BCUT2D eigenvalue weighted by molar-refractivity contribution is 5.92. The van der Waals surface area contributed by atoms with Crippen molar-refractivity contribution in [1.29, 1.82) is 0 Å². The molecule has 1 atom stereocenters. The van der Waals surface area contributed by atoms with E-state index in [-0.39, 0.29) is 5.91 Å². The van der Waals surface area contributed by atoms with Crippen molar-refractivity contribution in [2.45, 2.75) is 12.6 Å². The second kappa shape index (κ2) is 9.67. The quantitative estimate of drug-likeness (QED) is 0.545. The molecule has 1 amide bonds. The van der Waals surface area contributed by atoms with Crippen molar-refractivity contribution in [1.82, 2.24) is 10.2 Å². The number of benzene rings is 3. The van der Waals surface area contributed by atoms with Crippen LogP contribution in [0.3, 0.4) is 0 Å². The summed E-state index contributed by atoms with van der Waals surface area (Å²) in [6, 6.07) is 23.8. The Hall–Kier alpha value is -3.17. The molecule has 0 spiro atoms. The number of nitrogens with one attached hydrogen (secondary N) is 1. The van der Waals surface area contributed by atoms with E-state index in [2.05, 4.69) is 41.6 Å². The van der Waals surface area contributed by atoms with Crippen LogP contribution in [-0.2, 0) is 11.3 Å². The predicted molar refractivity (Wildman–Crippen MR) is 117 cm³/mol. The number of fused-ring (bicyclic) bond motifs is 1. The van der Waals surface area contributed by atoms with E-state index >= 15 is 0 Å². The fourth-order valence-corrected chi connectivity index (χ4v) is 3.49. The van der Waals surface area contributed by atoms with Gasteiger partial charge in [0.25, 0.3) is 0 Å². The maximum Gasteiger partial charge on any atom is 0.242 e. The summed E-state index contributed by atoms with van der Waals surface area (Å²) in [4.78, 5) is 15.4. The van der Waals surface area contributed by atoms with Gasteiger partial charge in [-0.2, -0.15) is 0 Å². The Labute approximate surface area is 167 Å². The molecule has 142 valence electrons. The Kier molecular flexibility index (Phi) is 6.77. The predicted octanol–water partition coefficient (Wildman–Crippen LogP) is 4.87. The Morgan fingerprint density at radius 1 is 0.893 bits per heavy atom. The van der Waals surface area contributed by atoms with Crippen LogP contribution in [-0.4, -0.2) is 23.9 Å². The van der Waals surface area contributed by atoms with Gasteiger partial charge in [-0.3, -0.25) is 9.69 Å². The molecule has 1 N–H and O–H groups in total. The molecule has 3 aromatic carbocycles. The van der Waals surface area contributed by atoms with Crippen molar-refractivity contribution in [3.63, 3.8) is 0 Å². The molecule has 0 aromatic heterocycles. The van der Waals surface area contributed by atoms with Gasteiger partial charge in [-0.25, -0.2) is 0 Å². The second-order valence-corrected chi connectivity index (χ2v) is 6.71. The lowest BCUT2D eigenvalue weighted by Gasteiger charge is -2.30. The SMILES string of the molecule is C=CCN(CC=C)C(C(=O)NCc1ccccc1)c1cccc2ccccc12. The molecule has 0 bridgehead atoms. The van der Waals surface area contributed by atoms with E-state index in [0.717, 1.165) is 21.9 Å². The summed E-state index contributed by atoms with van der Waals surface area (Å²) in [7, 11) is 0. The summed E-state index contributed by atoms with van der Waals surface area (Å²) in [5.74, 6) is -0.0242. The third-order valence-electron chi connectivity index (χ3n) is 4.77.